The molecule has 0 radical (unpaired) electrons. The van der Waals surface area contributed by atoms with E-state index in [2.05, 4.69) is 30.4 Å². The summed E-state index contributed by atoms with van der Waals surface area (Å²) in [5, 5.41) is 12.0. The number of aryl methyl sites for hydroxylation is 1. The predicted octanol–water partition coefficient (Wildman–Crippen LogP) is 0.186. The largest absolute Gasteiger partial charge is 0.496 e. The highest BCUT2D eigenvalue weighted by Crippen LogP contribution is 2.18. The van der Waals surface area contributed by atoms with E-state index in [1.54, 1.807) is 25.3 Å². The number of ether oxygens (including phenoxy) is 1. The van der Waals surface area contributed by atoms with Gasteiger partial charge in [0.25, 0.3) is 5.91 Å². The number of carbonyl (C=O) groups excluding carboxylic acids is 1. The zero-order valence-electron chi connectivity index (χ0n) is 17.4. The number of hydrogen-bond donors (Lipinski definition) is 3. The predicted molar refractivity (Wildman–Crippen MR) is 112 cm³/mol. The third-order valence-corrected chi connectivity index (χ3v) is 5.74. The van der Waals surface area contributed by atoms with E-state index in [0.29, 0.717) is 11.3 Å². The highest BCUT2D eigenvalue weighted by molar-refractivity contribution is 5.93. The first-order valence-electron chi connectivity index (χ1n) is 10.1. The Labute approximate surface area is 172 Å². The van der Waals surface area contributed by atoms with Crippen LogP contribution in [0, 0.1) is 18.3 Å². The van der Waals surface area contributed by atoms with Crippen LogP contribution in [0.1, 0.15) is 23.6 Å². The van der Waals surface area contributed by atoms with Crippen molar-refractivity contribution in [3.05, 3.63) is 59.2 Å². The average Bonchev–Trinajstić information content (AvgIpc) is 2.74. The third kappa shape index (κ3) is 5.35. The van der Waals surface area contributed by atoms with Crippen molar-refractivity contribution in [2.75, 3.05) is 38.6 Å². The summed E-state index contributed by atoms with van der Waals surface area (Å²) in [7, 11) is 1.72. The summed E-state index contributed by atoms with van der Waals surface area (Å²) >= 11 is 0. The van der Waals surface area contributed by atoms with Gasteiger partial charge in [-0.2, -0.15) is 5.26 Å². The number of piperazine rings is 1. The van der Waals surface area contributed by atoms with Gasteiger partial charge in [-0.05, 0) is 44.2 Å². The van der Waals surface area contributed by atoms with E-state index < -0.39 is 0 Å². The molecule has 1 saturated heterocycles. The van der Waals surface area contributed by atoms with Crippen LogP contribution in [-0.4, -0.2) is 45.2 Å². The average molecular weight is 395 g/mol. The second-order valence-corrected chi connectivity index (χ2v) is 7.80. The summed E-state index contributed by atoms with van der Waals surface area (Å²) in [6.07, 6.45) is 0. The van der Waals surface area contributed by atoms with Gasteiger partial charge in [0, 0.05) is 11.3 Å². The Morgan fingerprint density at radius 3 is 2.66 bits per heavy atom. The lowest BCUT2D eigenvalue weighted by atomic mass is 10.1. The molecule has 29 heavy (non-hydrogen) atoms. The second-order valence-electron chi connectivity index (χ2n) is 7.80. The molecule has 0 unspecified atom stereocenters. The van der Waals surface area contributed by atoms with E-state index >= 15 is 0 Å². The number of nitrogens with zero attached hydrogens (tertiary/aromatic N) is 1. The molecule has 1 fully saturated rings. The molecule has 0 spiro atoms. The SMILES string of the molecule is COc1ccc(C)cc1C[NH+]1CC[NH+]([C@@H](C)C(=O)Nc2cccc(C#N)c2)CC1. The van der Waals surface area contributed by atoms with Gasteiger partial charge in [0.15, 0.2) is 6.04 Å². The molecule has 0 bridgehead atoms. The summed E-state index contributed by atoms with van der Waals surface area (Å²) in [5.41, 5.74) is 3.71. The number of rotatable bonds is 6. The molecule has 6 nitrogen and oxygen atoms in total. The van der Waals surface area contributed by atoms with Crippen molar-refractivity contribution in [2.45, 2.75) is 26.4 Å². The normalized spacial score (nSPS) is 19.8. The molecule has 1 aliphatic rings. The molecule has 3 N–H and O–H groups in total. The lowest BCUT2D eigenvalue weighted by Crippen LogP contribution is -3.29. The molecule has 0 saturated carbocycles. The second kappa shape index (κ2) is 9.55. The van der Waals surface area contributed by atoms with Crippen LogP contribution >= 0.6 is 0 Å². The number of carbonyl (C=O) groups is 1. The summed E-state index contributed by atoms with van der Waals surface area (Å²) < 4.78 is 5.51. The molecule has 1 amide bonds. The molecule has 6 heteroatoms. The fraction of sp³-hybridized carbons (Fsp3) is 0.391. The van der Waals surface area contributed by atoms with Gasteiger partial charge < -0.3 is 19.9 Å². The molecule has 152 valence electrons. The molecule has 0 aromatic heterocycles. The van der Waals surface area contributed by atoms with Gasteiger partial charge >= 0.3 is 0 Å². The molecular formula is C23H30N4O2+2. The van der Waals surface area contributed by atoms with Crippen LogP contribution < -0.4 is 19.9 Å². The maximum atomic E-state index is 12.7. The van der Waals surface area contributed by atoms with E-state index in [1.807, 2.05) is 19.1 Å². The maximum absolute atomic E-state index is 12.7. The van der Waals surface area contributed by atoms with E-state index in [0.717, 1.165) is 38.5 Å². The first kappa shape index (κ1) is 20.8. The number of quaternary nitrogens is 2. The molecule has 2 aromatic carbocycles. The van der Waals surface area contributed by atoms with Crippen molar-refractivity contribution in [2.24, 2.45) is 0 Å². The number of benzene rings is 2. The van der Waals surface area contributed by atoms with Crippen molar-refractivity contribution in [1.82, 2.24) is 0 Å². The van der Waals surface area contributed by atoms with Crippen molar-refractivity contribution < 1.29 is 19.3 Å². The van der Waals surface area contributed by atoms with Crippen molar-refractivity contribution >= 4 is 11.6 Å². The van der Waals surface area contributed by atoms with E-state index in [-0.39, 0.29) is 11.9 Å². The minimum absolute atomic E-state index is 0.00102. The molecule has 3 rings (SSSR count). The van der Waals surface area contributed by atoms with Gasteiger partial charge in [-0.25, -0.2) is 0 Å². The van der Waals surface area contributed by atoms with Crippen LogP contribution in [0.2, 0.25) is 0 Å². The smallest absolute Gasteiger partial charge is 0.282 e. The van der Waals surface area contributed by atoms with E-state index in [9.17, 15) is 4.79 Å². The fourth-order valence-corrected chi connectivity index (χ4v) is 3.95. The first-order chi connectivity index (χ1) is 14.0. The minimum atomic E-state index is -0.129. The zero-order chi connectivity index (χ0) is 20.8. The Morgan fingerprint density at radius 1 is 1.21 bits per heavy atom. The van der Waals surface area contributed by atoms with Crippen LogP contribution in [0.3, 0.4) is 0 Å². The lowest BCUT2D eigenvalue weighted by molar-refractivity contribution is -1.02. The first-order valence-corrected chi connectivity index (χ1v) is 10.1. The Balaban J connectivity index is 1.54. The number of nitrogens with one attached hydrogen (secondary N) is 3. The monoisotopic (exact) mass is 394 g/mol. The number of anilines is 1. The Hall–Kier alpha value is -2.88. The quantitative estimate of drug-likeness (QED) is 0.655. The molecule has 1 aliphatic heterocycles. The molecule has 0 aliphatic carbocycles. The number of nitriles is 1. The Bertz CT molecular complexity index is 898. The van der Waals surface area contributed by atoms with Crippen molar-refractivity contribution in [1.29, 1.82) is 5.26 Å². The number of hydrogen-bond acceptors (Lipinski definition) is 3. The molecule has 1 heterocycles. The van der Waals surface area contributed by atoms with Crippen LogP contribution in [0.25, 0.3) is 0 Å². The van der Waals surface area contributed by atoms with Gasteiger partial charge in [0.05, 0.1) is 18.7 Å². The van der Waals surface area contributed by atoms with Crippen molar-refractivity contribution in [3.8, 4) is 11.8 Å². The van der Waals surface area contributed by atoms with E-state index in [4.69, 9.17) is 10.00 Å². The van der Waals surface area contributed by atoms with Gasteiger partial charge in [-0.3, -0.25) is 4.79 Å². The Morgan fingerprint density at radius 2 is 1.97 bits per heavy atom. The number of methoxy groups -OCH3 is 1. The van der Waals surface area contributed by atoms with E-state index in [1.165, 1.54) is 20.9 Å². The lowest BCUT2D eigenvalue weighted by Gasteiger charge is -2.32. The minimum Gasteiger partial charge on any atom is -0.496 e. The van der Waals surface area contributed by atoms with Crippen LogP contribution in [-0.2, 0) is 11.3 Å². The summed E-state index contributed by atoms with van der Waals surface area (Å²) in [6.45, 7) is 8.98. The number of amides is 1. The van der Waals surface area contributed by atoms with Gasteiger partial charge in [0.2, 0.25) is 0 Å². The Kier molecular flexibility index (Phi) is 6.86. The summed E-state index contributed by atoms with van der Waals surface area (Å²) in [4.78, 5) is 15.5. The standard InChI is InChI=1S/C23H28N4O2/c1-17-7-8-22(29-3)20(13-17)16-26-9-11-27(12-10-26)18(2)23(28)25-21-6-4-5-19(14-21)15-24/h4-8,13-14,18H,9-12,16H2,1-3H3,(H,25,28)/p+2/t18-/m0/s1. The van der Waals surface area contributed by atoms with Gasteiger partial charge in [-0.1, -0.05) is 17.7 Å². The topological polar surface area (TPSA) is 71.0 Å². The van der Waals surface area contributed by atoms with Crippen molar-refractivity contribution in [3.63, 3.8) is 0 Å². The molecule has 1 atom stereocenters. The van der Waals surface area contributed by atoms with Gasteiger partial charge in [0.1, 0.15) is 38.5 Å². The highest BCUT2D eigenvalue weighted by Gasteiger charge is 2.31. The highest BCUT2D eigenvalue weighted by atomic mass is 16.5. The molecular weight excluding hydrogens is 364 g/mol. The maximum Gasteiger partial charge on any atom is 0.282 e. The third-order valence-electron chi connectivity index (χ3n) is 5.74. The zero-order valence-corrected chi connectivity index (χ0v) is 17.4. The summed E-state index contributed by atoms with van der Waals surface area (Å²) in [6, 6.07) is 15.3. The molecule has 2 aromatic rings. The summed E-state index contributed by atoms with van der Waals surface area (Å²) in [5.74, 6) is 0.948. The van der Waals surface area contributed by atoms with Crippen LogP contribution in [0.4, 0.5) is 5.69 Å². The fourth-order valence-electron chi connectivity index (χ4n) is 3.95. The van der Waals surface area contributed by atoms with Gasteiger partial charge in [-0.15, -0.1) is 0 Å². The van der Waals surface area contributed by atoms with Crippen LogP contribution in [0.5, 0.6) is 5.75 Å². The van der Waals surface area contributed by atoms with Crippen LogP contribution in [0.15, 0.2) is 42.5 Å².